The number of hydrogen-bond donors (Lipinski definition) is 1. The molecule has 0 aliphatic carbocycles. The minimum absolute atomic E-state index is 0.367. The predicted molar refractivity (Wildman–Crippen MR) is 104 cm³/mol. The van der Waals surface area contributed by atoms with Gasteiger partial charge < -0.3 is 10.1 Å². The third kappa shape index (κ3) is 3.59. The van der Waals surface area contributed by atoms with E-state index in [2.05, 4.69) is 26.3 Å². The van der Waals surface area contributed by atoms with E-state index in [4.69, 9.17) is 4.74 Å². The fraction of sp³-hybridized carbons (Fsp3) is 0.0476. The fourth-order valence-corrected chi connectivity index (χ4v) is 2.75. The number of aromatic nitrogens is 3. The Labute approximate surface area is 155 Å². The number of esters is 1. The molecule has 4 aromatic rings. The first-order valence-electron chi connectivity index (χ1n) is 8.35. The topological polar surface area (TPSA) is 77.0 Å². The number of nitrogens with one attached hydrogen (secondary N) is 1. The molecule has 0 fully saturated rings. The molecule has 0 radical (unpaired) electrons. The zero-order valence-corrected chi connectivity index (χ0v) is 14.6. The second kappa shape index (κ2) is 7.21. The summed E-state index contributed by atoms with van der Waals surface area (Å²) in [6.45, 7) is 0. The summed E-state index contributed by atoms with van der Waals surface area (Å²) in [5.74, 6) is 0.124. The molecule has 132 valence electrons. The van der Waals surface area contributed by atoms with E-state index in [1.165, 1.54) is 7.11 Å². The summed E-state index contributed by atoms with van der Waals surface area (Å²) < 4.78 is 4.70. The Balaban J connectivity index is 1.57. The first-order valence-corrected chi connectivity index (χ1v) is 8.35. The first-order chi connectivity index (χ1) is 13.2. The molecule has 1 N–H and O–H groups in total. The number of methoxy groups -OCH3 is 1. The zero-order valence-electron chi connectivity index (χ0n) is 14.6. The Morgan fingerprint density at radius 1 is 0.963 bits per heavy atom. The van der Waals surface area contributed by atoms with Crippen LogP contribution >= 0.6 is 0 Å². The van der Waals surface area contributed by atoms with Crippen molar-refractivity contribution in [1.29, 1.82) is 0 Å². The Morgan fingerprint density at radius 3 is 2.48 bits per heavy atom. The van der Waals surface area contributed by atoms with Crippen molar-refractivity contribution in [1.82, 2.24) is 15.0 Å². The van der Waals surface area contributed by atoms with Gasteiger partial charge in [-0.15, -0.1) is 0 Å². The summed E-state index contributed by atoms with van der Waals surface area (Å²) >= 11 is 0. The van der Waals surface area contributed by atoms with Crippen LogP contribution in [0.5, 0.6) is 0 Å². The maximum absolute atomic E-state index is 11.5. The molecule has 2 aromatic heterocycles. The molecule has 0 aliphatic heterocycles. The van der Waals surface area contributed by atoms with Gasteiger partial charge in [0, 0.05) is 29.7 Å². The molecule has 2 heterocycles. The number of pyridine rings is 1. The molecule has 27 heavy (non-hydrogen) atoms. The SMILES string of the molecule is COC(=O)c1ccc(Nc2ncc3cc(-c4ccncc4)ccc3n2)cc1. The summed E-state index contributed by atoms with van der Waals surface area (Å²) in [6, 6.07) is 16.9. The molecule has 0 saturated carbocycles. The van der Waals surface area contributed by atoms with Crippen LogP contribution in [-0.2, 0) is 4.74 Å². The molecule has 0 atom stereocenters. The number of hydrogen-bond acceptors (Lipinski definition) is 6. The molecule has 2 aromatic carbocycles. The Kier molecular flexibility index (Phi) is 4.45. The van der Waals surface area contributed by atoms with Crippen molar-refractivity contribution >= 4 is 28.5 Å². The predicted octanol–water partition coefficient (Wildman–Crippen LogP) is 4.22. The van der Waals surface area contributed by atoms with Crippen LogP contribution in [-0.4, -0.2) is 28.0 Å². The van der Waals surface area contributed by atoms with Gasteiger partial charge in [-0.25, -0.2) is 14.8 Å². The highest BCUT2D eigenvalue weighted by molar-refractivity contribution is 5.90. The normalized spacial score (nSPS) is 10.6. The lowest BCUT2D eigenvalue weighted by Crippen LogP contribution is -2.01. The van der Waals surface area contributed by atoms with E-state index in [-0.39, 0.29) is 5.97 Å². The van der Waals surface area contributed by atoms with Gasteiger partial charge >= 0.3 is 5.97 Å². The zero-order chi connectivity index (χ0) is 18.6. The van der Waals surface area contributed by atoms with Gasteiger partial charge in [0.25, 0.3) is 0 Å². The maximum Gasteiger partial charge on any atom is 0.337 e. The third-order valence-corrected chi connectivity index (χ3v) is 4.16. The monoisotopic (exact) mass is 356 g/mol. The average molecular weight is 356 g/mol. The minimum Gasteiger partial charge on any atom is -0.465 e. The van der Waals surface area contributed by atoms with Gasteiger partial charge in [0.1, 0.15) is 0 Å². The molecule has 0 saturated heterocycles. The number of carbonyl (C=O) groups is 1. The lowest BCUT2D eigenvalue weighted by Gasteiger charge is -2.08. The van der Waals surface area contributed by atoms with Crippen LogP contribution in [0.3, 0.4) is 0 Å². The quantitative estimate of drug-likeness (QED) is 0.552. The number of rotatable bonds is 4. The van der Waals surface area contributed by atoms with E-state index in [0.717, 1.165) is 27.7 Å². The number of carbonyl (C=O) groups excluding carboxylic acids is 1. The van der Waals surface area contributed by atoms with Gasteiger partial charge in [-0.3, -0.25) is 4.98 Å². The van der Waals surface area contributed by atoms with Crippen molar-refractivity contribution in [3.8, 4) is 11.1 Å². The molecule has 0 spiro atoms. The van der Waals surface area contributed by atoms with Crippen LogP contribution in [0.2, 0.25) is 0 Å². The standard InChI is InChI=1S/C21H16N4O2/c1-27-20(26)15-2-5-18(6-3-15)24-21-23-13-17-12-16(4-7-19(17)25-21)14-8-10-22-11-9-14/h2-13H,1H3,(H,23,24,25). The number of ether oxygens (including phenoxy) is 1. The minimum atomic E-state index is -0.367. The van der Waals surface area contributed by atoms with E-state index in [0.29, 0.717) is 11.5 Å². The summed E-state index contributed by atoms with van der Waals surface area (Å²) in [6.07, 6.45) is 5.33. The van der Waals surface area contributed by atoms with Gasteiger partial charge in [-0.05, 0) is 59.7 Å². The molecule has 6 heteroatoms. The number of anilines is 2. The van der Waals surface area contributed by atoms with Crippen LogP contribution < -0.4 is 5.32 Å². The van der Waals surface area contributed by atoms with Crippen molar-refractivity contribution in [2.24, 2.45) is 0 Å². The maximum atomic E-state index is 11.5. The van der Waals surface area contributed by atoms with Crippen molar-refractivity contribution < 1.29 is 9.53 Å². The molecule has 6 nitrogen and oxygen atoms in total. The highest BCUT2D eigenvalue weighted by atomic mass is 16.5. The highest BCUT2D eigenvalue weighted by Crippen LogP contribution is 2.24. The Bertz CT molecular complexity index is 1100. The summed E-state index contributed by atoms with van der Waals surface area (Å²) in [5, 5.41) is 4.10. The van der Waals surface area contributed by atoms with E-state index in [9.17, 15) is 4.79 Å². The second-order valence-corrected chi connectivity index (χ2v) is 5.90. The van der Waals surface area contributed by atoms with Gasteiger partial charge in [0.05, 0.1) is 18.2 Å². The number of fused-ring (bicyclic) bond motifs is 1. The van der Waals surface area contributed by atoms with Crippen molar-refractivity contribution in [2.75, 3.05) is 12.4 Å². The smallest absolute Gasteiger partial charge is 0.337 e. The number of benzene rings is 2. The summed E-state index contributed by atoms with van der Waals surface area (Å²) in [5.41, 5.74) is 4.31. The molecule has 4 rings (SSSR count). The number of nitrogens with zero attached hydrogens (tertiary/aromatic N) is 3. The van der Waals surface area contributed by atoms with Crippen LogP contribution in [0.15, 0.2) is 73.2 Å². The molecule has 0 aliphatic rings. The Hall–Kier alpha value is -3.80. The van der Waals surface area contributed by atoms with Crippen molar-refractivity contribution in [2.45, 2.75) is 0 Å². The lowest BCUT2D eigenvalue weighted by atomic mass is 10.1. The van der Waals surface area contributed by atoms with Crippen molar-refractivity contribution in [3.63, 3.8) is 0 Å². The van der Waals surface area contributed by atoms with Gasteiger partial charge in [-0.2, -0.15) is 0 Å². The molecule has 0 amide bonds. The van der Waals surface area contributed by atoms with Gasteiger partial charge in [0.2, 0.25) is 5.95 Å². The molecule has 0 bridgehead atoms. The summed E-state index contributed by atoms with van der Waals surface area (Å²) in [4.78, 5) is 24.5. The largest absolute Gasteiger partial charge is 0.465 e. The van der Waals surface area contributed by atoms with E-state index >= 15 is 0 Å². The van der Waals surface area contributed by atoms with Gasteiger partial charge in [-0.1, -0.05) is 6.07 Å². The molecular formula is C21H16N4O2. The fourth-order valence-electron chi connectivity index (χ4n) is 2.75. The van der Waals surface area contributed by atoms with Crippen LogP contribution in [0.25, 0.3) is 22.0 Å². The third-order valence-electron chi connectivity index (χ3n) is 4.16. The Morgan fingerprint density at radius 2 is 1.74 bits per heavy atom. The molecular weight excluding hydrogens is 340 g/mol. The van der Waals surface area contributed by atoms with Gasteiger partial charge in [0.15, 0.2) is 0 Å². The lowest BCUT2D eigenvalue weighted by molar-refractivity contribution is 0.0601. The average Bonchev–Trinajstić information content (AvgIpc) is 2.74. The van der Waals surface area contributed by atoms with Crippen LogP contribution in [0.1, 0.15) is 10.4 Å². The first kappa shape index (κ1) is 16.7. The van der Waals surface area contributed by atoms with Crippen molar-refractivity contribution in [3.05, 3.63) is 78.8 Å². The van der Waals surface area contributed by atoms with E-state index < -0.39 is 0 Å². The summed E-state index contributed by atoms with van der Waals surface area (Å²) in [7, 11) is 1.36. The highest BCUT2D eigenvalue weighted by Gasteiger charge is 2.06. The van der Waals surface area contributed by atoms with Crippen LogP contribution in [0.4, 0.5) is 11.6 Å². The van der Waals surface area contributed by atoms with Crippen LogP contribution in [0, 0.1) is 0 Å². The van der Waals surface area contributed by atoms with E-state index in [1.54, 1.807) is 42.9 Å². The molecule has 0 unspecified atom stereocenters. The van der Waals surface area contributed by atoms with E-state index in [1.807, 2.05) is 24.3 Å². The second-order valence-electron chi connectivity index (χ2n) is 5.90.